The van der Waals surface area contributed by atoms with Gasteiger partial charge in [-0.2, -0.15) is 0 Å². The van der Waals surface area contributed by atoms with Crippen molar-refractivity contribution >= 4 is 54.9 Å². The van der Waals surface area contributed by atoms with Gasteiger partial charge in [0.2, 0.25) is 0 Å². The van der Waals surface area contributed by atoms with E-state index in [0.717, 1.165) is 36.3 Å². The largest absolute Gasteiger partial charge is 0.309 e. The van der Waals surface area contributed by atoms with E-state index in [1.165, 1.54) is 10.4 Å². The van der Waals surface area contributed by atoms with E-state index in [9.17, 15) is 4.79 Å². The second-order valence-electron chi connectivity index (χ2n) is 6.30. The molecule has 0 aliphatic heterocycles. The number of thioether (sulfide) groups is 1. The van der Waals surface area contributed by atoms with Crippen molar-refractivity contribution in [2.45, 2.75) is 45.4 Å². The van der Waals surface area contributed by atoms with Crippen LogP contribution in [0.5, 0.6) is 0 Å². The summed E-state index contributed by atoms with van der Waals surface area (Å²) < 4.78 is 0. The summed E-state index contributed by atoms with van der Waals surface area (Å²) in [4.78, 5) is 33.5. The van der Waals surface area contributed by atoms with Crippen molar-refractivity contribution < 1.29 is 0 Å². The van der Waals surface area contributed by atoms with Crippen molar-refractivity contribution in [2.24, 2.45) is 0 Å². The van der Waals surface area contributed by atoms with Crippen LogP contribution in [-0.4, -0.2) is 19.9 Å². The van der Waals surface area contributed by atoms with Crippen LogP contribution in [-0.2, 0) is 5.75 Å². The Morgan fingerprint density at radius 1 is 0.885 bits per heavy atom. The summed E-state index contributed by atoms with van der Waals surface area (Å²) in [5.74, 6) is 2.02. The van der Waals surface area contributed by atoms with Gasteiger partial charge in [0.25, 0.3) is 5.56 Å². The summed E-state index contributed by atoms with van der Waals surface area (Å²) in [6.45, 7) is 10.1. The summed E-state index contributed by atoms with van der Waals surface area (Å²) in [5, 5.41) is 2.79. The lowest BCUT2D eigenvalue weighted by Crippen LogP contribution is -2.10. The normalized spacial score (nSPS) is 11.7. The maximum atomic E-state index is 12.4. The van der Waals surface area contributed by atoms with Crippen LogP contribution < -0.4 is 5.56 Å². The third-order valence-electron chi connectivity index (χ3n) is 4.54. The summed E-state index contributed by atoms with van der Waals surface area (Å²) in [6, 6.07) is 0. The van der Waals surface area contributed by atoms with E-state index in [2.05, 4.69) is 33.8 Å². The molecule has 4 heterocycles. The standard InChI is InChI=1S/C18H18N4OS3/c1-7-9(3)25-17-13(7)15(23)21-12(22-17)6-24-16-14-8(2)10(4)26-18(14)20-11(5)19-16/h6H2,1-5H3,(H,21,22,23). The van der Waals surface area contributed by atoms with Crippen LogP contribution in [0.1, 0.15) is 32.5 Å². The van der Waals surface area contributed by atoms with Gasteiger partial charge >= 0.3 is 0 Å². The molecular formula is C18H18N4OS3. The summed E-state index contributed by atoms with van der Waals surface area (Å²) in [5.41, 5.74) is 2.20. The topological polar surface area (TPSA) is 71.5 Å². The minimum Gasteiger partial charge on any atom is -0.309 e. The van der Waals surface area contributed by atoms with Gasteiger partial charge in [0.15, 0.2) is 0 Å². The number of H-pyrrole nitrogens is 1. The number of thiophene rings is 2. The van der Waals surface area contributed by atoms with Crippen LogP contribution in [0.15, 0.2) is 9.82 Å². The van der Waals surface area contributed by atoms with Crippen LogP contribution in [0.4, 0.5) is 0 Å². The molecule has 4 aromatic rings. The molecule has 26 heavy (non-hydrogen) atoms. The van der Waals surface area contributed by atoms with Crippen LogP contribution >= 0.6 is 34.4 Å². The zero-order valence-corrected chi connectivity index (χ0v) is 17.6. The van der Waals surface area contributed by atoms with E-state index in [0.29, 0.717) is 17.0 Å². The molecule has 0 radical (unpaired) electrons. The second kappa shape index (κ2) is 6.44. The smallest absolute Gasteiger partial charge is 0.259 e. The maximum Gasteiger partial charge on any atom is 0.259 e. The Morgan fingerprint density at radius 3 is 2.19 bits per heavy atom. The zero-order valence-electron chi connectivity index (χ0n) is 15.2. The first kappa shape index (κ1) is 17.6. The molecule has 0 bridgehead atoms. The Hall–Kier alpha value is -1.77. The highest BCUT2D eigenvalue weighted by atomic mass is 32.2. The number of aromatic nitrogens is 4. The Morgan fingerprint density at radius 2 is 1.50 bits per heavy atom. The van der Waals surface area contributed by atoms with E-state index in [-0.39, 0.29) is 5.56 Å². The highest BCUT2D eigenvalue weighted by molar-refractivity contribution is 7.98. The number of aryl methyl sites for hydroxylation is 5. The third kappa shape index (κ3) is 2.86. The lowest BCUT2D eigenvalue weighted by atomic mass is 10.2. The van der Waals surface area contributed by atoms with Gasteiger partial charge in [0.05, 0.1) is 11.1 Å². The van der Waals surface area contributed by atoms with Gasteiger partial charge in [0, 0.05) is 15.1 Å². The molecule has 134 valence electrons. The third-order valence-corrected chi connectivity index (χ3v) is 7.73. The number of aromatic amines is 1. The molecule has 0 aromatic carbocycles. The highest BCUT2D eigenvalue weighted by Gasteiger charge is 2.16. The van der Waals surface area contributed by atoms with Crippen LogP contribution in [0.3, 0.4) is 0 Å². The van der Waals surface area contributed by atoms with Crippen molar-refractivity contribution in [2.75, 3.05) is 0 Å². The summed E-state index contributed by atoms with van der Waals surface area (Å²) in [7, 11) is 0. The van der Waals surface area contributed by atoms with Gasteiger partial charge in [-0.15, -0.1) is 22.7 Å². The monoisotopic (exact) mass is 402 g/mol. The minimum atomic E-state index is -0.0565. The molecular weight excluding hydrogens is 384 g/mol. The van der Waals surface area contributed by atoms with Gasteiger partial charge in [-0.25, -0.2) is 15.0 Å². The van der Waals surface area contributed by atoms with Crippen molar-refractivity contribution in [1.29, 1.82) is 0 Å². The molecule has 1 N–H and O–H groups in total. The Bertz CT molecular complexity index is 1220. The number of rotatable bonds is 3. The van der Waals surface area contributed by atoms with Crippen molar-refractivity contribution in [3.63, 3.8) is 0 Å². The van der Waals surface area contributed by atoms with E-state index in [1.54, 1.807) is 34.4 Å². The Balaban J connectivity index is 1.73. The molecule has 8 heteroatoms. The molecule has 5 nitrogen and oxygen atoms in total. The Kier molecular flexibility index (Phi) is 4.37. The number of fused-ring (bicyclic) bond motifs is 2. The Labute approximate surface area is 162 Å². The summed E-state index contributed by atoms with van der Waals surface area (Å²) in [6.07, 6.45) is 0. The fourth-order valence-electron chi connectivity index (χ4n) is 2.92. The fraction of sp³-hybridized carbons (Fsp3) is 0.333. The van der Waals surface area contributed by atoms with E-state index in [1.807, 2.05) is 20.8 Å². The first-order chi connectivity index (χ1) is 12.3. The zero-order chi connectivity index (χ0) is 18.6. The maximum absolute atomic E-state index is 12.4. The molecule has 0 spiro atoms. The SMILES string of the molecule is Cc1nc(SCc2nc3sc(C)c(C)c3c(=O)[nH]2)c2c(C)c(C)sc2n1. The number of nitrogens with zero attached hydrogens (tertiary/aromatic N) is 3. The predicted octanol–water partition coefficient (Wildman–Crippen LogP) is 4.82. The summed E-state index contributed by atoms with van der Waals surface area (Å²) >= 11 is 4.88. The predicted molar refractivity (Wildman–Crippen MR) is 111 cm³/mol. The van der Waals surface area contributed by atoms with Crippen molar-refractivity contribution in [3.05, 3.63) is 42.9 Å². The van der Waals surface area contributed by atoms with Gasteiger partial charge in [-0.3, -0.25) is 4.79 Å². The lowest BCUT2D eigenvalue weighted by molar-refractivity contribution is 1.00. The highest BCUT2D eigenvalue weighted by Crippen LogP contribution is 2.36. The first-order valence-electron chi connectivity index (χ1n) is 8.21. The van der Waals surface area contributed by atoms with Gasteiger partial charge < -0.3 is 4.98 Å². The molecule has 4 rings (SSSR count). The number of hydrogen-bond donors (Lipinski definition) is 1. The molecule has 0 amide bonds. The molecule has 0 saturated heterocycles. The number of nitrogens with one attached hydrogen (secondary N) is 1. The van der Waals surface area contributed by atoms with Gasteiger partial charge in [0.1, 0.15) is 26.3 Å². The quantitative estimate of drug-likeness (QED) is 0.393. The van der Waals surface area contributed by atoms with Crippen LogP contribution in [0.2, 0.25) is 0 Å². The molecule has 0 aliphatic carbocycles. The molecule has 0 aliphatic rings. The first-order valence-corrected chi connectivity index (χ1v) is 10.8. The van der Waals surface area contributed by atoms with Crippen molar-refractivity contribution in [1.82, 2.24) is 19.9 Å². The van der Waals surface area contributed by atoms with Gasteiger partial charge in [-0.05, 0) is 45.7 Å². The average molecular weight is 403 g/mol. The number of hydrogen-bond acceptors (Lipinski definition) is 7. The van der Waals surface area contributed by atoms with Crippen LogP contribution in [0.25, 0.3) is 20.4 Å². The minimum absolute atomic E-state index is 0.0565. The molecule has 0 unspecified atom stereocenters. The molecule has 0 fully saturated rings. The average Bonchev–Trinajstić information content (AvgIpc) is 3.02. The fourth-order valence-corrected chi connectivity index (χ4v) is 6.11. The van der Waals surface area contributed by atoms with Crippen LogP contribution in [0, 0.1) is 34.6 Å². The lowest BCUT2D eigenvalue weighted by Gasteiger charge is -2.05. The second-order valence-corrected chi connectivity index (χ2v) is 9.67. The molecule has 0 saturated carbocycles. The molecule has 4 aromatic heterocycles. The van der Waals surface area contributed by atoms with Crippen molar-refractivity contribution in [3.8, 4) is 0 Å². The van der Waals surface area contributed by atoms with E-state index >= 15 is 0 Å². The van der Waals surface area contributed by atoms with Gasteiger partial charge in [-0.1, -0.05) is 11.8 Å². The van der Waals surface area contributed by atoms with E-state index in [4.69, 9.17) is 0 Å². The van der Waals surface area contributed by atoms with E-state index < -0.39 is 0 Å². The molecule has 0 atom stereocenters.